The van der Waals surface area contributed by atoms with Gasteiger partial charge in [0.15, 0.2) is 0 Å². The Morgan fingerprint density at radius 2 is 2.09 bits per heavy atom. The summed E-state index contributed by atoms with van der Waals surface area (Å²) < 4.78 is 0. The minimum atomic E-state index is 0.110. The van der Waals surface area contributed by atoms with Gasteiger partial charge in [0.25, 0.3) is 0 Å². The lowest BCUT2D eigenvalue weighted by molar-refractivity contribution is -0.116. The molecule has 4 rings (SSSR count). The van der Waals surface area contributed by atoms with E-state index in [9.17, 15) is 4.79 Å². The van der Waals surface area contributed by atoms with Crippen molar-refractivity contribution in [2.75, 3.05) is 23.4 Å². The minimum Gasteiger partial charge on any atom is -0.325 e. The molecule has 0 spiro atoms. The summed E-state index contributed by atoms with van der Waals surface area (Å²) in [5.41, 5.74) is 3.78. The number of carbonyl (C=O) groups is 1. The molecule has 2 N–H and O–H groups in total. The molecule has 0 radical (unpaired) electrons. The fourth-order valence-corrected chi connectivity index (χ4v) is 4.48. The summed E-state index contributed by atoms with van der Waals surface area (Å²) in [4.78, 5) is 12.3. The highest BCUT2D eigenvalue weighted by atomic mass is 32.2. The molecule has 1 unspecified atom stereocenters. The van der Waals surface area contributed by atoms with E-state index >= 15 is 0 Å². The van der Waals surface area contributed by atoms with Crippen molar-refractivity contribution in [1.82, 2.24) is 5.32 Å². The van der Waals surface area contributed by atoms with Gasteiger partial charge in [0.2, 0.25) is 5.91 Å². The molecule has 1 amide bonds. The number of anilines is 1. The van der Waals surface area contributed by atoms with Crippen LogP contribution in [0.5, 0.6) is 0 Å². The zero-order valence-corrected chi connectivity index (χ0v) is 13.3. The van der Waals surface area contributed by atoms with E-state index in [0.29, 0.717) is 12.5 Å². The van der Waals surface area contributed by atoms with Gasteiger partial charge >= 0.3 is 0 Å². The van der Waals surface area contributed by atoms with Crippen LogP contribution in [-0.2, 0) is 17.6 Å². The Morgan fingerprint density at radius 1 is 1.23 bits per heavy atom. The first-order valence-corrected chi connectivity index (χ1v) is 9.11. The van der Waals surface area contributed by atoms with E-state index in [-0.39, 0.29) is 5.91 Å². The first-order chi connectivity index (χ1) is 10.8. The highest BCUT2D eigenvalue weighted by Crippen LogP contribution is 2.35. The van der Waals surface area contributed by atoms with Crippen molar-refractivity contribution in [2.45, 2.75) is 25.3 Å². The maximum atomic E-state index is 12.3. The molecular formula is C18H20N2OS. The van der Waals surface area contributed by atoms with Gasteiger partial charge in [-0.15, -0.1) is 0 Å². The molecule has 3 nitrogen and oxygen atoms in total. The molecule has 1 saturated heterocycles. The van der Waals surface area contributed by atoms with Crippen molar-refractivity contribution in [3.8, 4) is 0 Å². The standard InChI is InChI=1S/C18H20N2OS/c21-17(10-14-11-22-9-8-19-14)20-16-7-6-13-5-4-12-2-1-3-15(16)18(12)13/h1-3,6-7,14,19H,4-5,8-11H2,(H,20,21). The monoisotopic (exact) mass is 312 g/mol. The summed E-state index contributed by atoms with van der Waals surface area (Å²) in [6.07, 6.45) is 2.79. The molecule has 114 valence electrons. The van der Waals surface area contributed by atoms with Crippen molar-refractivity contribution in [1.29, 1.82) is 0 Å². The Balaban J connectivity index is 1.56. The highest BCUT2D eigenvalue weighted by Gasteiger charge is 2.19. The van der Waals surface area contributed by atoms with Crippen molar-refractivity contribution < 1.29 is 4.79 Å². The average molecular weight is 312 g/mol. The van der Waals surface area contributed by atoms with Crippen LogP contribution in [0.1, 0.15) is 17.5 Å². The summed E-state index contributed by atoms with van der Waals surface area (Å²) in [6, 6.07) is 11.0. The number of nitrogens with one attached hydrogen (secondary N) is 2. The second-order valence-electron chi connectivity index (χ2n) is 6.09. The minimum absolute atomic E-state index is 0.110. The zero-order valence-electron chi connectivity index (χ0n) is 12.5. The molecule has 1 aliphatic heterocycles. The van der Waals surface area contributed by atoms with Gasteiger partial charge in [-0.05, 0) is 35.4 Å². The average Bonchev–Trinajstić information content (AvgIpc) is 2.96. The first-order valence-electron chi connectivity index (χ1n) is 7.96. The number of thioether (sulfide) groups is 1. The van der Waals surface area contributed by atoms with Crippen molar-refractivity contribution in [3.05, 3.63) is 41.5 Å². The molecule has 1 fully saturated rings. The second kappa shape index (κ2) is 5.94. The van der Waals surface area contributed by atoms with E-state index in [1.54, 1.807) is 0 Å². The summed E-state index contributed by atoms with van der Waals surface area (Å²) in [6.45, 7) is 1.00. The molecule has 2 aromatic rings. The van der Waals surface area contributed by atoms with Crippen LogP contribution in [-0.4, -0.2) is 30.0 Å². The molecule has 2 aliphatic rings. The van der Waals surface area contributed by atoms with E-state index in [0.717, 1.165) is 36.6 Å². The zero-order chi connectivity index (χ0) is 14.9. The first kappa shape index (κ1) is 14.1. The molecule has 1 aliphatic carbocycles. The quantitative estimate of drug-likeness (QED) is 0.915. The number of hydrogen-bond donors (Lipinski definition) is 2. The van der Waals surface area contributed by atoms with E-state index < -0.39 is 0 Å². The predicted octanol–water partition coefficient (Wildman–Crippen LogP) is 2.97. The van der Waals surface area contributed by atoms with Crippen LogP contribution in [0.4, 0.5) is 5.69 Å². The molecule has 0 bridgehead atoms. The smallest absolute Gasteiger partial charge is 0.225 e. The number of carbonyl (C=O) groups excluding carboxylic acids is 1. The highest BCUT2D eigenvalue weighted by molar-refractivity contribution is 7.99. The normalized spacial score (nSPS) is 20.3. The van der Waals surface area contributed by atoms with Gasteiger partial charge in [-0.25, -0.2) is 0 Å². The summed E-state index contributed by atoms with van der Waals surface area (Å²) in [7, 11) is 0. The summed E-state index contributed by atoms with van der Waals surface area (Å²) in [5, 5.41) is 9.09. The van der Waals surface area contributed by atoms with Crippen LogP contribution in [0, 0.1) is 0 Å². The van der Waals surface area contributed by atoms with Crippen LogP contribution in [0.2, 0.25) is 0 Å². The molecule has 1 heterocycles. The number of aryl methyl sites for hydroxylation is 2. The maximum Gasteiger partial charge on any atom is 0.225 e. The number of amides is 1. The third kappa shape index (κ3) is 2.61. The van der Waals surface area contributed by atoms with E-state index in [1.807, 2.05) is 11.8 Å². The number of rotatable bonds is 3. The third-order valence-corrected chi connectivity index (χ3v) is 5.71. The lowest BCUT2D eigenvalue weighted by Crippen LogP contribution is -2.39. The Hall–Kier alpha value is -1.52. The lowest BCUT2D eigenvalue weighted by Gasteiger charge is -2.22. The maximum absolute atomic E-state index is 12.3. The Kier molecular flexibility index (Phi) is 3.80. The van der Waals surface area contributed by atoms with Crippen LogP contribution in [0.15, 0.2) is 30.3 Å². The van der Waals surface area contributed by atoms with Crippen molar-refractivity contribution in [2.24, 2.45) is 0 Å². The van der Waals surface area contributed by atoms with Gasteiger partial charge in [0.05, 0.1) is 0 Å². The van der Waals surface area contributed by atoms with Crippen molar-refractivity contribution in [3.63, 3.8) is 0 Å². The van der Waals surface area contributed by atoms with E-state index in [1.165, 1.54) is 21.9 Å². The fraction of sp³-hybridized carbons (Fsp3) is 0.389. The Morgan fingerprint density at radius 3 is 2.91 bits per heavy atom. The second-order valence-corrected chi connectivity index (χ2v) is 7.24. The van der Waals surface area contributed by atoms with Gasteiger partial charge in [-0.1, -0.05) is 24.3 Å². The topological polar surface area (TPSA) is 41.1 Å². The van der Waals surface area contributed by atoms with Crippen LogP contribution in [0.25, 0.3) is 10.8 Å². The molecule has 0 saturated carbocycles. The molecule has 0 aromatic heterocycles. The van der Waals surface area contributed by atoms with E-state index in [2.05, 4.69) is 41.0 Å². The third-order valence-electron chi connectivity index (χ3n) is 4.58. The van der Waals surface area contributed by atoms with Gasteiger partial charge in [-0.3, -0.25) is 4.79 Å². The van der Waals surface area contributed by atoms with Gasteiger partial charge in [-0.2, -0.15) is 11.8 Å². The number of benzene rings is 2. The summed E-state index contributed by atoms with van der Waals surface area (Å²) >= 11 is 1.92. The lowest BCUT2D eigenvalue weighted by atomic mass is 10.0. The van der Waals surface area contributed by atoms with Gasteiger partial charge in [0, 0.05) is 41.6 Å². The predicted molar refractivity (Wildman–Crippen MR) is 93.7 cm³/mol. The number of hydrogen-bond acceptors (Lipinski definition) is 3. The molecule has 22 heavy (non-hydrogen) atoms. The van der Waals surface area contributed by atoms with Crippen LogP contribution in [0.3, 0.4) is 0 Å². The van der Waals surface area contributed by atoms with E-state index in [4.69, 9.17) is 0 Å². The summed E-state index contributed by atoms with van der Waals surface area (Å²) in [5.74, 6) is 2.28. The fourth-order valence-electron chi connectivity index (χ4n) is 3.53. The SMILES string of the molecule is O=C(CC1CSCCN1)Nc1ccc2c3c(cccc13)CC2. The van der Waals surface area contributed by atoms with Crippen LogP contribution < -0.4 is 10.6 Å². The van der Waals surface area contributed by atoms with Gasteiger partial charge < -0.3 is 10.6 Å². The van der Waals surface area contributed by atoms with Crippen molar-refractivity contribution >= 4 is 34.1 Å². The van der Waals surface area contributed by atoms with Gasteiger partial charge in [0.1, 0.15) is 0 Å². The Bertz CT molecular complexity index is 712. The molecule has 1 atom stereocenters. The molecule has 4 heteroatoms. The molecule has 2 aromatic carbocycles. The van der Waals surface area contributed by atoms with Crippen LogP contribution >= 0.6 is 11.8 Å². The largest absolute Gasteiger partial charge is 0.325 e. The molecular weight excluding hydrogens is 292 g/mol. The Labute approximate surface area is 134 Å².